The zero-order valence-corrected chi connectivity index (χ0v) is 27.2. The van der Waals surface area contributed by atoms with Crippen LogP contribution in [0.25, 0.3) is 0 Å². The van der Waals surface area contributed by atoms with Crippen molar-refractivity contribution in [3.63, 3.8) is 0 Å². The van der Waals surface area contributed by atoms with Crippen LogP contribution in [0, 0.1) is 6.92 Å². The second kappa shape index (κ2) is 13.0. The molecule has 2 atom stereocenters. The Hall–Kier alpha value is -5.01. The first kappa shape index (κ1) is 30.6. The van der Waals surface area contributed by atoms with Gasteiger partial charge in [-0.2, -0.15) is 0 Å². The molecule has 47 heavy (non-hydrogen) atoms. The first-order valence-corrected chi connectivity index (χ1v) is 16.7. The Bertz CT molecular complexity index is 1770. The van der Waals surface area contributed by atoms with E-state index in [0.717, 1.165) is 57.7 Å². The van der Waals surface area contributed by atoms with Crippen molar-refractivity contribution in [1.82, 2.24) is 4.90 Å². The SMILES string of the molecule is Cc1ccc2c(c1)N(C)CC(COc1ccc(CC3SC(=O)N(C(c4ccccc4)(c4ccccc4)c4ccccc4)C3=O)cc1)O2. The fourth-order valence-corrected chi connectivity index (χ4v) is 7.73. The molecule has 7 rings (SSSR count). The highest BCUT2D eigenvalue weighted by Crippen LogP contribution is 2.48. The molecule has 0 saturated carbocycles. The Balaban J connectivity index is 1.10. The molecule has 0 spiro atoms. The average molecular weight is 641 g/mol. The van der Waals surface area contributed by atoms with Gasteiger partial charge < -0.3 is 14.4 Å². The molecule has 1 saturated heterocycles. The zero-order chi connectivity index (χ0) is 32.4. The van der Waals surface area contributed by atoms with Gasteiger partial charge in [0, 0.05) is 7.05 Å². The van der Waals surface area contributed by atoms with Gasteiger partial charge in [-0.05, 0) is 65.4 Å². The Kier molecular flexibility index (Phi) is 8.48. The number of anilines is 1. The molecule has 7 heteroatoms. The molecule has 2 aliphatic heterocycles. The summed E-state index contributed by atoms with van der Waals surface area (Å²) in [6, 6.07) is 43.5. The molecule has 2 heterocycles. The van der Waals surface area contributed by atoms with E-state index in [1.54, 1.807) is 0 Å². The van der Waals surface area contributed by atoms with Crippen LogP contribution >= 0.6 is 11.8 Å². The fraction of sp³-hybridized carbons (Fsp3) is 0.200. The highest BCUT2D eigenvalue weighted by molar-refractivity contribution is 8.15. The minimum atomic E-state index is -1.12. The maximum atomic E-state index is 14.4. The molecule has 0 N–H and O–H groups in total. The highest BCUT2D eigenvalue weighted by Gasteiger charge is 2.53. The van der Waals surface area contributed by atoms with Crippen LogP contribution in [-0.2, 0) is 16.8 Å². The monoisotopic (exact) mass is 640 g/mol. The summed E-state index contributed by atoms with van der Waals surface area (Å²) in [6.07, 6.45) is 0.325. The van der Waals surface area contributed by atoms with Gasteiger partial charge in [-0.15, -0.1) is 0 Å². The topological polar surface area (TPSA) is 59.1 Å². The van der Waals surface area contributed by atoms with E-state index in [1.165, 1.54) is 10.5 Å². The minimum absolute atomic E-state index is 0.0986. The lowest BCUT2D eigenvalue weighted by molar-refractivity contribution is -0.129. The molecule has 2 amide bonds. The molecule has 2 unspecified atom stereocenters. The van der Waals surface area contributed by atoms with Gasteiger partial charge in [0.15, 0.2) is 0 Å². The molecule has 0 aliphatic carbocycles. The van der Waals surface area contributed by atoms with Crippen LogP contribution in [0.5, 0.6) is 11.5 Å². The molecule has 5 aromatic carbocycles. The molecule has 0 bridgehead atoms. The van der Waals surface area contributed by atoms with Crippen molar-refractivity contribution in [2.24, 2.45) is 0 Å². The van der Waals surface area contributed by atoms with Gasteiger partial charge in [-0.25, -0.2) is 0 Å². The van der Waals surface area contributed by atoms with Crippen molar-refractivity contribution < 1.29 is 19.1 Å². The smallest absolute Gasteiger partial charge is 0.290 e. The van der Waals surface area contributed by atoms with Gasteiger partial charge in [0.05, 0.1) is 17.5 Å². The lowest BCUT2D eigenvalue weighted by Gasteiger charge is -2.42. The summed E-state index contributed by atoms with van der Waals surface area (Å²) in [4.78, 5) is 32.1. The Morgan fingerprint density at radius 1 is 0.787 bits per heavy atom. The Morgan fingerprint density at radius 2 is 1.36 bits per heavy atom. The summed E-state index contributed by atoms with van der Waals surface area (Å²) < 4.78 is 12.3. The summed E-state index contributed by atoms with van der Waals surface area (Å²) in [6.45, 7) is 3.23. The summed E-state index contributed by atoms with van der Waals surface area (Å²) >= 11 is 1.10. The fourth-order valence-electron chi connectivity index (χ4n) is 6.67. The van der Waals surface area contributed by atoms with Gasteiger partial charge in [0.1, 0.15) is 29.7 Å². The van der Waals surface area contributed by atoms with Crippen molar-refractivity contribution in [1.29, 1.82) is 0 Å². The van der Waals surface area contributed by atoms with Crippen LogP contribution in [0.2, 0.25) is 0 Å². The predicted molar refractivity (Wildman–Crippen MR) is 187 cm³/mol. The van der Waals surface area contributed by atoms with E-state index >= 15 is 0 Å². The second-order valence-electron chi connectivity index (χ2n) is 12.1. The molecule has 2 aliphatic rings. The molecule has 0 radical (unpaired) electrons. The first-order valence-electron chi connectivity index (χ1n) is 15.8. The van der Waals surface area contributed by atoms with Crippen LogP contribution in [0.3, 0.4) is 0 Å². The van der Waals surface area contributed by atoms with Crippen LogP contribution < -0.4 is 14.4 Å². The van der Waals surface area contributed by atoms with Gasteiger partial charge in [-0.1, -0.05) is 121 Å². The van der Waals surface area contributed by atoms with Crippen LogP contribution in [-0.4, -0.2) is 47.6 Å². The number of likely N-dealkylation sites (N-methyl/N-ethyl adjacent to an activating group) is 1. The number of amides is 2. The molecule has 5 aromatic rings. The largest absolute Gasteiger partial charge is 0.490 e. The third kappa shape index (κ3) is 5.87. The summed E-state index contributed by atoms with van der Waals surface area (Å²) in [5, 5.41) is -0.814. The standard InChI is InChI=1S/C40H36N2O4S/c1-28-18-23-36-35(24-28)41(2)26-34(46-36)27-45-33-21-19-29(20-22-33)25-37-38(43)42(39(44)47-37)40(30-12-6-3-7-13-30,31-14-8-4-9-15-31)32-16-10-5-11-17-32/h3-24,34,37H,25-27H2,1-2H3. The lowest BCUT2D eigenvalue weighted by Crippen LogP contribution is -2.51. The van der Waals surface area contributed by atoms with Crippen LogP contribution in [0.1, 0.15) is 27.8 Å². The Morgan fingerprint density at radius 3 is 1.94 bits per heavy atom. The van der Waals surface area contributed by atoms with Crippen molar-refractivity contribution in [3.8, 4) is 11.5 Å². The third-order valence-corrected chi connectivity index (χ3v) is 9.95. The van der Waals surface area contributed by atoms with E-state index in [0.29, 0.717) is 13.0 Å². The van der Waals surface area contributed by atoms with E-state index in [1.807, 2.05) is 121 Å². The molecular weight excluding hydrogens is 605 g/mol. The number of nitrogens with zero attached hydrogens (tertiary/aromatic N) is 2. The number of hydrogen-bond donors (Lipinski definition) is 0. The first-order chi connectivity index (χ1) is 22.9. The van der Waals surface area contributed by atoms with Crippen molar-refractivity contribution in [2.75, 3.05) is 25.1 Å². The molecule has 0 aromatic heterocycles. The van der Waals surface area contributed by atoms with Crippen molar-refractivity contribution >= 4 is 28.6 Å². The van der Waals surface area contributed by atoms with E-state index in [4.69, 9.17) is 9.47 Å². The number of fused-ring (bicyclic) bond motifs is 1. The van der Waals surface area contributed by atoms with Crippen LogP contribution in [0.4, 0.5) is 10.5 Å². The molecule has 236 valence electrons. The quantitative estimate of drug-likeness (QED) is 0.153. The number of thioether (sulfide) groups is 1. The number of hydrogen-bond acceptors (Lipinski definition) is 6. The molecule has 1 fully saturated rings. The number of imide groups is 1. The van der Waals surface area contributed by atoms with E-state index in [2.05, 4.69) is 31.0 Å². The number of ether oxygens (including phenoxy) is 2. The number of aryl methyl sites for hydroxylation is 1. The van der Waals surface area contributed by atoms with E-state index in [9.17, 15) is 9.59 Å². The number of carbonyl (C=O) groups is 2. The van der Waals surface area contributed by atoms with Gasteiger partial charge in [0.2, 0.25) is 5.91 Å². The minimum Gasteiger partial charge on any atom is -0.490 e. The summed E-state index contributed by atoms with van der Waals surface area (Å²) in [7, 11) is 2.07. The van der Waals surface area contributed by atoms with E-state index < -0.39 is 10.8 Å². The predicted octanol–water partition coefficient (Wildman–Crippen LogP) is 7.87. The van der Waals surface area contributed by atoms with Gasteiger partial charge >= 0.3 is 0 Å². The summed E-state index contributed by atoms with van der Waals surface area (Å²) in [5.74, 6) is 1.39. The highest BCUT2D eigenvalue weighted by atomic mass is 32.2. The van der Waals surface area contributed by atoms with Gasteiger partial charge in [-0.3, -0.25) is 14.5 Å². The van der Waals surface area contributed by atoms with Crippen LogP contribution in [0.15, 0.2) is 133 Å². The van der Waals surface area contributed by atoms with E-state index in [-0.39, 0.29) is 17.3 Å². The Labute approximate surface area is 279 Å². The molecular formula is C40H36N2O4S. The third-order valence-electron chi connectivity index (χ3n) is 8.91. The summed E-state index contributed by atoms with van der Waals surface area (Å²) in [5.41, 5.74) is 4.70. The number of rotatable bonds is 9. The molecule has 6 nitrogen and oxygen atoms in total. The van der Waals surface area contributed by atoms with Crippen molar-refractivity contribution in [2.45, 2.75) is 30.2 Å². The van der Waals surface area contributed by atoms with Crippen molar-refractivity contribution in [3.05, 3.63) is 161 Å². The number of carbonyl (C=O) groups excluding carboxylic acids is 2. The normalized spacial score (nSPS) is 17.7. The lowest BCUT2D eigenvalue weighted by atomic mass is 9.75. The zero-order valence-electron chi connectivity index (χ0n) is 26.4. The maximum absolute atomic E-state index is 14.4. The average Bonchev–Trinajstić information content (AvgIpc) is 3.38. The second-order valence-corrected chi connectivity index (χ2v) is 13.3. The maximum Gasteiger partial charge on any atom is 0.290 e. The van der Waals surface area contributed by atoms with Gasteiger partial charge in [0.25, 0.3) is 5.24 Å². The number of benzene rings is 5.